The Kier molecular flexibility index (Phi) is 4.44. The number of nitrogens with one attached hydrogen (secondary N) is 1. The molecule has 0 amide bonds. The van der Waals surface area contributed by atoms with Crippen LogP contribution in [0.2, 0.25) is 0 Å². The van der Waals surface area contributed by atoms with E-state index in [0.29, 0.717) is 10.2 Å². The maximum atomic E-state index is 12.7. The smallest absolute Gasteiger partial charge is 0.338 e. The van der Waals surface area contributed by atoms with Gasteiger partial charge >= 0.3 is 5.97 Å². The van der Waals surface area contributed by atoms with Crippen molar-refractivity contribution in [2.24, 2.45) is 0 Å². The highest BCUT2D eigenvalue weighted by Crippen LogP contribution is 2.40. The first kappa shape index (κ1) is 17.7. The summed E-state index contributed by atoms with van der Waals surface area (Å²) in [7, 11) is 1.20. The lowest BCUT2D eigenvalue weighted by atomic mass is 10.1. The second kappa shape index (κ2) is 6.78. The third kappa shape index (κ3) is 3.10. The number of nitro benzene ring substituents is 1. The number of H-pyrrole nitrogens is 1. The summed E-state index contributed by atoms with van der Waals surface area (Å²) in [4.78, 5) is 43.0. The molecule has 1 N–H and O–H groups in total. The largest absolute Gasteiger partial charge is 0.465 e. The van der Waals surface area contributed by atoms with E-state index in [2.05, 4.69) is 14.7 Å². The number of carbonyl (C=O) groups excluding carboxylic acids is 1. The van der Waals surface area contributed by atoms with Crippen LogP contribution in [0.5, 0.6) is 0 Å². The molecule has 0 spiro atoms. The van der Waals surface area contributed by atoms with E-state index in [4.69, 9.17) is 0 Å². The lowest BCUT2D eigenvalue weighted by Crippen LogP contribution is -2.11. The van der Waals surface area contributed by atoms with Gasteiger partial charge in [0.1, 0.15) is 10.7 Å². The third-order valence-corrected chi connectivity index (χ3v) is 6.78. The van der Waals surface area contributed by atoms with Crippen LogP contribution in [-0.4, -0.2) is 33.7 Å². The van der Waals surface area contributed by atoms with Crippen LogP contribution in [0.3, 0.4) is 0 Å². The fourth-order valence-corrected chi connectivity index (χ4v) is 5.56. The zero-order valence-electron chi connectivity index (χ0n) is 14.1. The van der Waals surface area contributed by atoms with Gasteiger partial charge in [0.15, 0.2) is 0 Å². The van der Waals surface area contributed by atoms with Gasteiger partial charge in [-0.15, -0.1) is 23.1 Å². The highest BCUT2D eigenvalue weighted by atomic mass is 32.2. The van der Waals surface area contributed by atoms with Crippen LogP contribution < -0.4 is 5.56 Å². The highest BCUT2D eigenvalue weighted by molar-refractivity contribution is 8.01. The molecule has 0 aliphatic carbocycles. The number of thiophene rings is 1. The molecule has 0 unspecified atom stereocenters. The molecular formula is C17H13N3O5S2. The molecule has 0 atom stereocenters. The quantitative estimate of drug-likeness (QED) is 0.405. The Morgan fingerprint density at radius 2 is 2.19 bits per heavy atom. The van der Waals surface area contributed by atoms with Gasteiger partial charge in [-0.25, -0.2) is 9.78 Å². The van der Waals surface area contributed by atoms with Crippen molar-refractivity contribution in [3.8, 4) is 11.4 Å². The Morgan fingerprint density at radius 3 is 2.93 bits per heavy atom. The number of thioether (sulfide) groups is 1. The average Bonchev–Trinajstić information content (AvgIpc) is 3.05. The van der Waals surface area contributed by atoms with Crippen molar-refractivity contribution in [2.75, 3.05) is 12.9 Å². The molecule has 8 nitrogen and oxygen atoms in total. The summed E-state index contributed by atoms with van der Waals surface area (Å²) in [5, 5.41) is 11.8. The van der Waals surface area contributed by atoms with Crippen molar-refractivity contribution in [3.05, 3.63) is 49.8 Å². The van der Waals surface area contributed by atoms with Gasteiger partial charge in [-0.2, -0.15) is 0 Å². The van der Waals surface area contributed by atoms with E-state index in [1.807, 2.05) is 0 Å². The van der Waals surface area contributed by atoms with Gasteiger partial charge in [-0.3, -0.25) is 14.9 Å². The van der Waals surface area contributed by atoms with Crippen molar-refractivity contribution >= 4 is 45.0 Å². The van der Waals surface area contributed by atoms with Crippen LogP contribution in [0.4, 0.5) is 5.69 Å². The monoisotopic (exact) mass is 403 g/mol. The van der Waals surface area contributed by atoms with E-state index >= 15 is 0 Å². The molecule has 0 saturated carbocycles. The van der Waals surface area contributed by atoms with Crippen molar-refractivity contribution < 1.29 is 14.5 Å². The van der Waals surface area contributed by atoms with E-state index < -0.39 is 10.9 Å². The number of esters is 1. The molecule has 3 aromatic rings. The van der Waals surface area contributed by atoms with Gasteiger partial charge in [-0.05, 0) is 30.2 Å². The van der Waals surface area contributed by atoms with Crippen molar-refractivity contribution in [1.29, 1.82) is 0 Å². The van der Waals surface area contributed by atoms with Crippen LogP contribution >= 0.6 is 23.1 Å². The summed E-state index contributed by atoms with van der Waals surface area (Å²) in [5.74, 6) is 0.495. The summed E-state index contributed by atoms with van der Waals surface area (Å²) in [6.45, 7) is 0. The first-order valence-corrected chi connectivity index (χ1v) is 9.85. The molecule has 2 aromatic heterocycles. The zero-order chi connectivity index (χ0) is 19.1. The molecule has 0 radical (unpaired) electrons. The maximum Gasteiger partial charge on any atom is 0.338 e. The number of carbonyl (C=O) groups is 1. The molecule has 0 fully saturated rings. The van der Waals surface area contributed by atoms with E-state index in [9.17, 15) is 19.7 Å². The van der Waals surface area contributed by atoms with Crippen molar-refractivity contribution in [2.45, 2.75) is 17.1 Å². The number of aromatic amines is 1. The lowest BCUT2D eigenvalue weighted by Gasteiger charge is -2.09. The second-order valence-corrected chi connectivity index (χ2v) is 8.29. The van der Waals surface area contributed by atoms with Gasteiger partial charge in [0.2, 0.25) is 0 Å². The number of nitro groups is 1. The van der Waals surface area contributed by atoms with Crippen LogP contribution in [-0.2, 0) is 11.2 Å². The Bertz CT molecular complexity index is 1150. The first-order valence-electron chi connectivity index (χ1n) is 8.04. The Hall–Kier alpha value is -2.72. The normalized spacial score (nSPS) is 13.4. The first-order chi connectivity index (χ1) is 13.0. The summed E-state index contributed by atoms with van der Waals surface area (Å²) < 4.78 is 5.75. The van der Waals surface area contributed by atoms with Gasteiger partial charge in [0, 0.05) is 17.7 Å². The number of rotatable bonds is 3. The summed E-state index contributed by atoms with van der Waals surface area (Å²) in [6, 6.07) is 3.83. The molecule has 4 rings (SSSR count). The predicted molar refractivity (Wildman–Crippen MR) is 103 cm³/mol. The molecule has 0 saturated heterocycles. The third-order valence-electron chi connectivity index (χ3n) is 4.25. The Balaban J connectivity index is 1.91. The molecular weight excluding hydrogens is 390 g/mol. The number of benzene rings is 1. The van der Waals surface area contributed by atoms with Gasteiger partial charge in [0.25, 0.3) is 11.2 Å². The van der Waals surface area contributed by atoms with Crippen LogP contribution in [0.1, 0.15) is 22.3 Å². The number of non-ortho nitro benzene ring substituents is 1. The number of aryl methyl sites for hydroxylation is 1. The predicted octanol–water partition coefficient (Wildman–Crippen LogP) is 3.38. The van der Waals surface area contributed by atoms with E-state index in [-0.39, 0.29) is 28.2 Å². The lowest BCUT2D eigenvalue weighted by molar-refractivity contribution is -0.384. The molecule has 1 aliphatic rings. The van der Waals surface area contributed by atoms with Gasteiger partial charge < -0.3 is 9.72 Å². The molecule has 27 heavy (non-hydrogen) atoms. The Morgan fingerprint density at radius 1 is 1.37 bits per heavy atom. The number of methoxy groups -OCH3 is 1. The summed E-state index contributed by atoms with van der Waals surface area (Å²) >= 11 is 3.17. The summed E-state index contributed by atoms with van der Waals surface area (Å²) in [6.07, 6.45) is 1.85. The minimum absolute atomic E-state index is 0.0190. The van der Waals surface area contributed by atoms with Gasteiger partial charge in [-0.1, -0.05) is 0 Å². The fourth-order valence-electron chi connectivity index (χ4n) is 3.03. The molecule has 0 bridgehead atoms. The molecule has 1 aliphatic heterocycles. The average molecular weight is 403 g/mol. The van der Waals surface area contributed by atoms with E-state index in [1.54, 1.807) is 11.8 Å². The van der Waals surface area contributed by atoms with Crippen molar-refractivity contribution in [3.63, 3.8) is 0 Å². The molecule has 10 heteroatoms. The number of fused-ring (bicyclic) bond motifs is 3. The minimum Gasteiger partial charge on any atom is -0.465 e. The number of hydrogen-bond donors (Lipinski definition) is 1. The number of aromatic nitrogens is 2. The standard InChI is InChI=1S/C17H13N3O5S2/c1-25-16(22)9-5-8(6-10(7-9)20(23)24)13-18-14(21)12-11-3-2-4-26-17(11)27-15(12)19-13/h5-7H,2-4H2,1H3,(H,18,19,21). The summed E-state index contributed by atoms with van der Waals surface area (Å²) in [5.41, 5.74) is 0.770. The Labute approximate surface area is 160 Å². The maximum absolute atomic E-state index is 12.7. The van der Waals surface area contributed by atoms with Crippen LogP contribution in [0.15, 0.2) is 27.2 Å². The number of hydrogen-bond acceptors (Lipinski definition) is 8. The fraction of sp³-hybridized carbons (Fsp3) is 0.235. The van der Waals surface area contributed by atoms with Crippen molar-refractivity contribution in [1.82, 2.24) is 9.97 Å². The SMILES string of the molecule is COC(=O)c1cc(-c2nc3sc4c(c3c(=O)[nH]2)CCCS4)cc([N+](=O)[O-])c1. The van der Waals surface area contributed by atoms with Crippen LogP contribution in [0, 0.1) is 10.1 Å². The topological polar surface area (TPSA) is 115 Å². The second-order valence-electron chi connectivity index (χ2n) is 5.93. The highest BCUT2D eigenvalue weighted by Gasteiger charge is 2.22. The van der Waals surface area contributed by atoms with Gasteiger partial charge in [0.05, 0.1) is 27.2 Å². The van der Waals surface area contributed by atoms with E-state index in [1.165, 1.54) is 30.6 Å². The molecule has 138 valence electrons. The number of ether oxygens (including phenoxy) is 1. The zero-order valence-corrected chi connectivity index (χ0v) is 15.7. The van der Waals surface area contributed by atoms with Crippen LogP contribution in [0.25, 0.3) is 21.6 Å². The minimum atomic E-state index is -0.702. The van der Waals surface area contributed by atoms with E-state index in [0.717, 1.165) is 34.4 Å². The number of nitrogens with zero attached hydrogens (tertiary/aromatic N) is 2. The molecule has 1 aromatic carbocycles. The molecule has 3 heterocycles.